The third-order valence-electron chi connectivity index (χ3n) is 3.60. The third-order valence-corrected chi connectivity index (χ3v) is 3.60. The van der Waals surface area contributed by atoms with Crippen LogP contribution in [0, 0.1) is 0 Å². The molecule has 1 N–H and O–H groups in total. The fourth-order valence-corrected chi connectivity index (χ4v) is 2.31. The number of rotatable bonds is 3. The van der Waals surface area contributed by atoms with Gasteiger partial charge < -0.3 is 14.8 Å². The molecule has 1 fully saturated rings. The largest absolute Gasteiger partial charge is 0.497 e. The molecular weight excluding hydrogens is 238 g/mol. The molecule has 0 spiro atoms. The van der Waals surface area contributed by atoms with Gasteiger partial charge in [0.1, 0.15) is 5.75 Å². The Morgan fingerprint density at radius 1 is 1.16 bits per heavy atom. The van der Waals surface area contributed by atoms with Gasteiger partial charge in [-0.25, -0.2) is 0 Å². The summed E-state index contributed by atoms with van der Waals surface area (Å²) >= 11 is 0. The van der Waals surface area contributed by atoms with Crippen LogP contribution in [0.15, 0.2) is 18.2 Å². The van der Waals surface area contributed by atoms with Crippen LogP contribution < -0.4 is 10.1 Å². The van der Waals surface area contributed by atoms with Gasteiger partial charge in [0.05, 0.1) is 7.11 Å². The zero-order chi connectivity index (χ0) is 13.9. The van der Waals surface area contributed by atoms with Crippen molar-refractivity contribution in [2.45, 2.75) is 45.1 Å². The molecule has 0 radical (unpaired) electrons. The number of hydrogen-bond donors (Lipinski definition) is 1. The molecule has 3 heteroatoms. The summed E-state index contributed by atoms with van der Waals surface area (Å²) < 4.78 is 10.8. The van der Waals surface area contributed by atoms with Crippen LogP contribution in [0.5, 0.6) is 5.75 Å². The van der Waals surface area contributed by atoms with Gasteiger partial charge in [0.25, 0.3) is 0 Å². The fourth-order valence-electron chi connectivity index (χ4n) is 2.31. The van der Waals surface area contributed by atoms with Gasteiger partial charge in [-0.05, 0) is 36.0 Å². The highest BCUT2D eigenvalue weighted by molar-refractivity contribution is 5.53. The molecule has 0 amide bonds. The molecule has 1 aromatic carbocycles. The quantitative estimate of drug-likeness (QED) is 0.904. The summed E-state index contributed by atoms with van der Waals surface area (Å²) in [7, 11) is 1.72. The van der Waals surface area contributed by atoms with E-state index in [1.807, 2.05) is 0 Å². The molecule has 1 aliphatic heterocycles. The normalized spacial score (nSPS) is 17.3. The lowest BCUT2D eigenvalue weighted by Crippen LogP contribution is -2.28. The van der Waals surface area contributed by atoms with E-state index >= 15 is 0 Å². The summed E-state index contributed by atoms with van der Waals surface area (Å²) in [5, 5.41) is 3.61. The average Bonchev–Trinajstić information content (AvgIpc) is 2.38. The summed E-state index contributed by atoms with van der Waals surface area (Å²) in [6.45, 7) is 8.38. The molecular formula is C16H25NO2. The summed E-state index contributed by atoms with van der Waals surface area (Å²) in [5.41, 5.74) is 2.57. The molecule has 0 aromatic heterocycles. The number of benzene rings is 1. The van der Waals surface area contributed by atoms with E-state index in [0.717, 1.165) is 37.5 Å². The Kier molecular flexibility index (Phi) is 4.35. The van der Waals surface area contributed by atoms with Gasteiger partial charge in [0.2, 0.25) is 0 Å². The molecule has 1 aliphatic rings. The standard InChI is InChI=1S/C16H25NO2/c1-16(2,3)12-9-14(11-15(10-12)18-4)17-13-5-7-19-8-6-13/h9-11,13,17H,5-8H2,1-4H3. The molecule has 3 nitrogen and oxygen atoms in total. The van der Waals surface area contributed by atoms with Crippen molar-refractivity contribution >= 4 is 5.69 Å². The van der Waals surface area contributed by atoms with Gasteiger partial charge in [-0.1, -0.05) is 20.8 Å². The molecule has 0 bridgehead atoms. The number of anilines is 1. The zero-order valence-corrected chi connectivity index (χ0v) is 12.5. The molecule has 0 saturated carbocycles. The molecule has 19 heavy (non-hydrogen) atoms. The van der Waals surface area contributed by atoms with Crippen LogP contribution in [0.4, 0.5) is 5.69 Å². The van der Waals surface area contributed by atoms with Crippen molar-refractivity contribution in [2.75, 3.05) is 25.6 Å². The van der Waals surface area contributed by atoms with Crippen LogP contribution in [0.1, 0.15) is 39.2 Å². The maximum atomic E-state index is 5.42. The predicted molar refractivity (Wildman–Crippen MR) is 79.2 cm³/mol. The van der Waals surface area contributed by atoms with Crippen LogP contribution in [-0.2, 0) is 10.2 Å². The second-order valence-electron chi connectivity index (χ2n) is 6.23. The number of methoxy groups -OCH3 is 1. The summed E-state index contributed by atoms with van der Waals surface area (Å²) in [5.74, 6) is 0.919. The van der Waals surface area contributed by atoms with E-state index in [0.29, 0.717) is 6.04 Å². The van der Waals surface area contributed by atoms with Crippen molar-refractivity contribution in [1.82, 2.24) is 0 Å². The first-order valence-electron chi connectivity index (χ1n) is 7.03. The maximum absolute atomic E-state index is 5.42. The van der Waals surface area contributed by atoms with E-state index in [-0.39, 0.29) is 5.41 Å². The molecule has 1 aromatic rings. The number of nitrogens with one attached hydrogen (secondary N) is 1. The first-order chi connectivity index (χ1) is 8.99. The second kappa shape index (κ2) is 5.83. The minimum absolute atomic E-state index is 0.126. The Labute approximate surface area is 116 Å². The van der Waals surface area contributed by atoms with Crippen molar-refractivity contribution in [3.8, 4) is 5.75 Å². The van der Waals surface area contributed by atoms with Crippen LogP contribution in [0.25, 0.3) is 0 Å². The lowest BCUT2D eigenvalue weighted by Gasteiger charge is -2.26. The van der Waals surface area contributed by atoms with Crippen molar-refractivity contribution in [3.05, 3.63) is 23.8 Å². The van der Waals surface area contributed by atoms with E-state index in [2.05, 4.69) is 44.3 Å². The number of ether oxygens (including phenoxy) is 2. The zero-order valence-electron chi connectivity index (χ0n) is 12.5. The predicted octanol–water partition coefficient (Wildman–Crippen LogP) is 3.58. The van der Waals surface area contributed by atoms with E-state index in [1.165, 1.54) is 5.56 Å². The molecule has 106 valence electrons. The van der Waals surface area contributed by atoms with Crippen molar-refractivity contribution in [3.63, 3.8) is 0 Å². The molecule has 0 aliphatic carbocycles. The molecule has 2 rings (SSSR count). The lowest BCUT2D eigenvalue weighted by molar-refractivity contribution is 0.0904. The fraction of sp³-hybridized carbons (Fsp3) is 0.625. The van der Waals surface area contributed by atoms with Crippen LogP contribution in [0.3, 0.4) is 0 Å². The highest BCUT2D eigenvalue weighted by Crippen LogP contribution is 2.30. The highest BCUT2D eigenvalue weighted by Gasteiger charge is 2.18. The first kappa shape index (κ1) is 14.2. The van der Waals surface area contributed by atoms with Crippen LogP contribution in [-0.4, -0.2) is 26.4 Å². The van der Waals surface area contributed by atoms with E-state index in [1.54, 1.807) is 7.11 Å². The third kappa shape index (κ3) is 3.87. The Balaban J connectivity index is 2.19. The Morgan fingerprint density at radius 2 is 1.84 bits per heavy atom. The SMILES string of the molecule is COc1cc(NC2CCOCC2)cc(C(C)(C)C)c1. The van der Waals surface area contributed by atoms with E-state index < -0.39 is 0 Å². The number of hydrogen-bond acceptors (Lipinski definition) is 3. The average molecular weight is 263 g/mol. The van der Waals surface area contributed by atoms with Crippen molar-refractivity contribution < 1.29 is 9.47 Å². The first-order valence-corrected chi connectivity index (χ1v) is 7.03. The van der Waals surface area contributed by atoms with Gasteiger partial charge in [-0.3, -0.25) is 0 Å². The molecule has 0 atom stereocenters. The van der Waals surface area contributed by atoms with Gasteiger partial charge >= 0.3 is 0 Å². The van der Waals surface area contributed by atoms with Gasteiger partial charge in [-0.15, -0.1) is 0 Å². The van der Waals surface area contributed by atoms with Crippen molar-refractivity contribution in [1.29, 1.82) is 0 Å². The van der Waals surface area contributed by atoms with Crippen molar-refractivity contribution in [2.24, 2.45) is 0 Å². The second-order valence-corrected chi connectivity index (χ2v) is 6.23. The summed E-state index contributed by atoms with van der Waals surface area (Å²) in [6.07, 6.45) is 2.14. The smallest absolute Gasteiger partial charge is 0.121 e. The highest BCUT2D eigenvalue weighted by atomic mass is 16.5. The monoisotopic (exact) mass is 263 g/mol. The molecule has 1 heterocycles. The minimum Gasteiger partial charge on any atom is -0.497 e. The van der Waals surface area contributed by atoms with Gasteiger partial charge in [0.15, 0.2) is 0 Å². The molecule has 1 saturated heterocycles. The van der Waals surface area contributed by atoms with E-state index in [4.69, 9.17) is 9.47 Å². The van der Waals surface area contributed by atoms with E-state index in [9.17, 15) is 0 Å². The lowest BCUT2D eigenvalue weighted by atomic mass is 9.86. The summed E-state index contributed by atoms with van der Waals surface area (Å²) in [6, 6.07) is 6.94. The Hall–Kier alpha value is -1.22. The van der Waals surface area contributed by atoms with Crippen LogP contribution in [0.2, 0.25) is 0 Å². The maximum Gasteiger partial charge on any atom is 0.121 e. The minimum atomic E-state index is 0.126. The topological polar surface area (TPSA) is 30.5 Å². The van der Waals surface area contributed by atoms with Gasteiger partial charge in [0, 0.05) is 31.0 Å². The van der Waals surface area contributed by atoms with Gasteiger partial charge in [-0.2, -0.15) is 0 Å². The molecule has 0 unspecified atom stereocenters. The Bertz CT molecular complexity index is 417. The summed E-state index contributed by atoms with van der Waals surface area (Å²) in [4.78, 5) is 0. The van der Waals surface area contributed by atoms with Crippen LogP contribution >= 0.6 is 0 Å². The Morgan fingerprint density at radius 3 is 2.42 bits per heavy atom.